The van der Waals surface area contributed by atoms with E-state index >= 15 is 0 Å². The van der Waals surface area contributed by atoms with Gasteiger partial charge >= 0.3 is 0 Å². The largest absolute Gasteiger partial charge is 0.496 e. The molecule has 0 radical (unpaired) electrons. The summed E-state index contributed by atoms with van der Waals surface area (Å²) < 4.78 is 6.62. The third-order valence-electron chi connectivity index (χ3n) is 2.89. The van der Waals surface area contributed by atoms with Crippen LogP contribution in [0.25, 0.3) is 0 Å². The van der Waals surface area contributed by atoms with Crippen molar-refractivity contribution in [2.24, 2.45) is 0 Å². The summed E-state index contributed by atoms with van der Waals surface area (Å²) in [5.74, 6) is 0.878. The molecular weight excluding hydrogens is 438 g/mol. The fourth-order valence-electron chi connectivity index (χ4n) is 1.93. The van der Waals surface area contributed by atoms with Crippen LogP contribution < -0.4 is 4.74 Å². The second kappa shape index (κ2) is 6.46. The maximum Gasteiger partial charge on any atom is 0.123 e. The molecule has 1 atom stereocenters. The number of methoxy groups -OCH3 is 1. The molecule has 2 aromatic carbocycles. The van der Waals surface area contributed by atoms with Gasteiger partial charge in [0.2, 0.25) is 0 Å². The summed E-state index contributed by atoms with van der Waals surface area (Å²) in [5, 5.41) is 0.742. The summed E-state index contributed by atoms with van der Waals surface area (Å²) in [4.78, 5) is 0.0629. The number of ether oxygens (including phenoxy) is 1. The first-order valence-electron chi connectivity index (χ1n) is 5.76. The highest BCUT2D eigenvalue weighted by Gasteiger charge is 2.18. The van der Waals surface area contributed by atoms with Gasteiger partial charge in [-0.25, -0.2) is 0 Å². The zero-order valence-corrected chi connectivity index (χ0v) is 15.1. The maximum atomic E-state index is 6.10. The van der Waals surface area contributed by atoms with Crippen molar-refractivity contribution in [1.29, 1.82) is 0 Å². The van der Waals surface area contributed by atoms with E-state index in [1.807, 2.05) is 30.3 Å². The van der Waals surface area contributed by atoms with Crippen LogP contribution in [-0.4, -0.2) is 7.11 Å². The van der Waals surface area contributed by atoms with Crippen LogP contribution in [0.3, 0.4) is 0 Å². The van der Waals surface area contributed by atoms with Gasteiger partial charge in [-0.05, 0) is 59.3 Å². The third-order valence-corrected chi connectivity index (χ3v) is 5.09. The average Bonchev–Trinajstić information content (AvgIpc) is 2.40. The van der Waals surface area contributed by atoms with Crippen LogP contribution in [0.1, 0.15) is 21.5 Å². The Balaban J connectivity index is 2.51. The van der Waals surface area contributed by atoms with Crippen LogP contribution >= 0.6 is 50.1 Å². The van der Waals surface area contributed by atoms with E-state index in [4.69, 9.17) is 16.3 Å². The van der Waals surface area contributed by atoms with Gasteiger partial charge in [0, 0.05) is 14.2 Å². The normalized spacial score (nSPS) is 12.3. The monoisotopic (exact) mass is 450 g/mol. The Morgan fingerprint density at radius 1 is 1.16 bits per heavy atom. The molecule has 0 aromatic heterocycles. The van der Waals surface area contributed by atoms with Crippen molar-refractivity contribution >= 4 is 50.1 Å². The molecule has 2 aromatic rings. The molecule has 0 saturated carbocycles. The van der Waals surface area contributed by atoms with E-state index in [2.05, 4.69) is 51.5 Å². The van der Waals surface area contributed by atoms with Gasteiger partial charge in [-0.15, -0.1) is 0 Å². The first-order valence-corrected chi connectivity index (χ1v) is 8.13. The smallest absolute Gasteiger partial charge is 0.123 e. The van der Waals surface area contributed by atoms with Crippen LogP contribution in [0.15, 0.2) is 36.4 Å². The molecular formula is C15H13BrClIO. The number of hydrogen-bond acceptors (Lipinski definition) is 1. The molecule has 0 fully saturated rings. The molecule has 1 nitrogen and oxygen atoms in total. The van der Waals surface area contributed by atoms with Gasteiger partial charge in [-0.1, -0.05) is 45.2 Å². The van der Waals surface area contributed by atoms with Crippen LogP contribution in [0, 0.1) is 10.5 Å². The Kier molecular flexibility index (Phi) is 5.15. The third kappa shape index (κ3) is 3.44. The van der Waals surface area contributed by atoms with Gasteiger partial charge in [-0.2, -0.15) is 0 Å². The molecule has 19 heavy (non-hydrogen) atoms. The van der Waals surface area contributed by atoms with Gasteiger partial charge < -0.3 is 4.74 Å². The molecule has 0 aliphatic rings. The highest BCUT2D eigenvalue weighted by Crippen LogP contribution is 2.39. The van der Waals surface area contributed by atoms with Gasteiger partial charge in [0.05, 0.1) is 11.9 Å². The van der Waals surface area contributed by atoms with Crippen LogP contribution in [-0.2, 0) is 0 Å². The summed E-state index contributed by atoms with van der Waals surface area (Å²) in [6, 6.07) is 12.1. The lowest BCUT2D eigenvalue weighted by molar-refractivity contribution is 0.410. The molecule has 0 aliphatic heterocycles. The highest BCUT2D eigenvalue weighted by atomic mass is 127. The summed E-state index contributed by atoms with van der Waals surface area (Å²) >= 11 is 12.2. The summed E-state index contributed by atoms with van der Waals surface area (Å²) in [6.45, 7) is 2.07. The zero-order valence-electron chi connectivity index (χ0n) is 10.6. The first kappa shape index (κ1) is 15.1. The van der Waals surface area contributed by atoms with Crippen LogP contribution in [0.4, 0.5) is 0 Å². The molecule has 0 N–H and O–H groups in total. The number of benzene rings is 2. The molecule has 0 bridgehead atoms. The van der Waals surface area contributed by atoms with Crippen molar-refractivity contribution < 1.29 is 4.74 Å². The lowest BCUT2D eigenvalue weighted by atomic mass is 10.0. The number of rotatable bonds is 3. The molecule has 0 saturated heterocycles. The Bertz CT molecular complexity index is 601. The second-order valence-corrected chi connectivity index (χ2v) is 6.79. The van der Waals surface area contributed by atoms with Gasteiger partial charge in [0.25, 0.3) is 0 Å². The highest BCUT2D eigenvalue weighted by molar-refractivity contribution is 14.1. The van der Waals surface area contributed by atoms with E-state index in [1.54, 1.807) is 7.11 Å². The minimum absolute atomic E-state index is 0.0629. The minimum atomic E-state index is 0.0629. The quantitative estimate of drug-likeness (QED) is 0.427. The maximum absolute atomic E-state index is 6.10. The molecule has 0 heterocycles. The molecule has 100 valence electrons. The second-order valence-electron chi connectivity index (χ2n) is 4.27. The topological polar surface area (TPSA) is 9.23 Å². The standard InChI is InChI=1S/C15H13BrClIO/c1-9-3-6-14(19-2)12(7-9)15(16)11-8-10(17)4-5-13(11)18/h3-8,15H,1-2H3. The Morgan fingerprint density at radius 3 is 2.58 bits per heavy atom. The Morgan fingerprint density at radius 2 is 1.89 bits per heavy atom. The fourth-order valence-corrected chi connectivity index (χ4v) is 3.92. The van der Waals surface area contributed by atoms with E-state index in [0.717, 1.165) is 21.9 Å². The predicted molar refractivity (Wildman–Crippen MR) is 92.7 cm³/mol. The Labute approximate surface area is 140 Å². The molecule has 0 spiro atoms. The number of alkyl halides is 1. The van der Waals surface area contributed by atoms with Gasteiger partial charge in [0.15, 0.2) is 0 Å². The molecule has 1 unspecified atom stereocenters. The lowest BCUT2D eigenvalue weighted by Gasteiger charge is -2.17. The molecule has 0 amide bonds. The van der Waals surface area contributed by atoms with Crippen molar-refractivity contribution in [3.05, 3.63) is 61.7 Å². The van der Waals surface area contributed by atoms with Crippen molar-refractivity contribution in [1.82, 2.24) is 0 Å². The van der Waals surface area contributed by atoms with E-state index in [1.165, 1.54) is 9.13 Å². The van der Waals surface area contributed by atoms with Gasteiger partial charge in [0.1, 0.15) is 5.75 Å². The SMILES string of the molecule is COc1ccc(C)cc1C(Br)c1cc(Cl)ccc1I. The van der Waals surface area contributed by atoms with E-state index in [-0.39, 0.29) is 4.83 Å². The number of hydrogen-bond donors (Lipinski definition) is 0. The van der Waals surface area contributed by atoms with E-state index in [9.17, 15) is 0 Å². The summed E-state index contributed by atoms with van der Waals surface area (Å²) in [7, 11) is 1.69. The number of aryl methyl sites for hydroxylation is 1. The van der Waals surface area contributed by atoms with Crippen molar-refractivity contribution in [2.45, 2.75) is 11.8 Å². The van der Waals surface area contributed by atoms with Crippen molar-refractivity contribution in [2.75, 3.05) is 7.11 Å². The molecule has 4 heteroatoms. The summed E-state index contributed by atoms with van der Waals surface area (Å²) in [5.41, 5.74) is 3.47. The van der Waals surface area contributed by atoms with Crippen LogP contribution in [0.2, 0.25) is 5.02 Å². The van der Waals surface area contributed by atoms with E-state index in [0.29, 0.717) is 0 Å². The van der Waals surface area contributed by atoms with E-state index < -0.39 is 0 Å². The molecule has 0 aliphatic carbocycles. The number of halogens is 3. The predicted octanol–water partition coefficient (Wildman–Crippen LogP) is 5.75. The van der Waals surface area contributed by atoms with Crippen LogP contribution in [0.5, 0.6) is 5.75 Å². The van der Waals surface area contributed by atoms with Gasteiger partial charge in [-0.3, -0.25) is 0 Å². The van der Waals surface area contributed by atoms with Crippen molar-refractivity contribution in [3.63, 3.8) is 0 Å². The average molecular weight is 452 g/mol. The zero-order chi connectivity index (χ0) is 14.0. The fraction of sp³-hybridized carbons (Fsp3) is 0.200. The first-order chi connectivity index (χ1) is 9.02. The molecule has 2 rings (SSSR count). The van der Waals surface area contributed by atoms with Crippen molar-refractivity contribution in [3.8, 4) is 5.75 Å². The minimum Gasteiger partial charge on any atom is -0.496 e. The lowest BCUT2D eigenvalue weighted by Crippen LogP contribution is -1.99. The Hall–Kier alpha value is -0.260. The summed E-state index contributed by atoms with van der Waals surface area (Å²) in [6.07, 6.45) is 0.